The van der Waals surface area contributed by atoms with Crippen LogP contribution in [-0.2, 0) is 4.74 Å². The van der Waals surface area contributed by atoms with E-state index in [-0.39, 0.29) is 5.84 Å². The highest BCUT2D eigenvalue weighted by Crippen LogP contribution is 2.19. The van der Waals surface area contributed by atoms with Gasteiger partial charge in [0.15, 0.2) is 0 Å². The number of aromatic nitrogens is 1. The number of nitrogens with one attached hydrogen (secondary N) is 1. The first-order chi connectivity index (χ1) is 8.66. The number of hydrogen-bond donors (Lipinski definition) is 2. The highest BCUT2D eigenvalue weighted by atomic mass is 16.5. The summed E-state index contributed by atoms with van der Waals surface area (Å²) >= 11 is 0. The molecule has 0 radical (unpaired) electrons. The maximum atomic E-state index is 7.44. The third kappa shape index (κ3) is 3.20. The molecule has 5 heteroatoms. The van der Waals surface area contributed by atoms with Gasteiger partial charge in [0, 0.05) is 38.6 Å². The van der Waals surface area contributed by atoms with E-state index in [0.717, 1.165) is 44.0 Å². The summed E-state index contributed by atoms with van der Waals surface area (Å²) in [5, 5.41) is 7.44. The van der Waals surface area contributed by atoms with Crippen molar-refractivity contribution < 1.29 is 4.74 Å². The number of rotatable bonds is 4. The van der Waals surface area contributed by atoms with Crippen LogP contribution in [0.15, 0.2) is 18.3 Å². The zero-order valence-corrected chi connectivity index (χ0v) is 10.7. The smallest absolute Gasteiger partial charge is 0.128 e. The number of anilines is 1. The van der Waals surface area contributed by atoms with Gasteiger partial charge < -0.3 is 15.4 Å². The van der Waals surface area contributed by atoms with Crippen LogP contribution in [0, 0.1) is 11.3 Å². The van der Waals surface area contributed by atoms with Gasteiger partial charge in [0.25, 0.3) is 0 Å². The predicted octanol–water partition coefficient (Wildman–Crippen LogP) is 1.23. The Morgan fingerprint density at radius 2 is 2.28 bits per heavy atom. The molecule has 0 aromatic carbocycles. The van der Waals surface area contributed by atoms with Crippen LogP contribution in [0.4, 0.5) is 5.82 Å². The van der Waals surface area contributed by atoms with Gasteiger partial charge >= 0.3 is 0 Å². The van der Waals surface area contributed by atoms with Crippen molar-refractivity contribution in [1.29, 1.82) is 5.41 Å². The van der Waals surface area contributed by atoms with Crippen molar-refractivity contribution in [3.8, 4) is 0 Å². The third-order valence-corrected chi connectivity index (χ3v) is 3.32. The number of ether oxygens (including phenoxy) is 1. The van der Waals surface area contributed by atoms with Gasteiger partial charge in [0.2, 0.25) is 0 Å². The number of hydrogen-bond acceptors (Lipinski definition) is 4. The number of amidine groups is 1. The first-order valence-corrected chi connectivity index (χ1v) is 6.26. The Morgan fingerprint density at radius 3 is 2.94 bits per heavy atom. The van der Waals surface area contributed by atoms with Crippen molar-refractivity contribution in [2.24, 2.45) is 11.7 Å². The molecule has 0 atom stereocenters. The largest absolute Gasteiger partial charge is 0.384 e. The van der Waals surface area contributed by atoms with Crippen molar-refractivity contribution in [2.45, 2.75) is 12.8 Å². The van der Waals surface area contributed by atoms with E-state index in [1.54, 1.807) is 12.3 Å². The molecule has 0 saturated carbocycles. The second-order valence-electron chi connectivity index (χ2n) is 4.75. The Morgan fingerprint density at radius 1 is 1.56 bits per heavy atom. The molecule has 0 bridgehead atoms. The van der Waals surface area contributed by atoms with Gasteiger partial charge in [-0.2, -0.15) is 0 Å². The fraction of sp³-hybridized carbons (Fsp3) is 0.538. The Bertz CT molecular complexity index is 415. The zero-order chi connectivity index (χ0) is 13.0. The van der Waals surface area contributed by atoms with E-state index in [9.17, 15) is 0 Å². The van der Waals surface area contributed by atoms with Gasteiger partial charge in [0.1, 0.15) is 11.7 Å². The van der Waals surface area contributed by atoms with E-state index in [1.807, 2.05) is 13.1 Å². The average Bonchev–Trinajstić information content (AvgIpc) is 2.40. The summed E-state index contributed by atoms with van der Waals surface area (Å²) in [7, 11) is 2.03. The first-order valence-electron chi connectivity index (χ1n) is 6.26. The predicted molar refractivity (Wildman–Crippen MR) is 72.1 cm³/mol. The van der Waals surface area contributed by atoms with Crippen molar-refractivity contribution >= 4 is 11.7 Å². The lowest BCUT2D eigenvalue weighted by Gasteiger charge is -2.27. The topological polar surface area (TPSA) is 75.2 Å². The van der Waals surface area contributed by atoms with E-state index in [1.165, 1.54) is 0 Å². The third-order valence-electron chi connectivity index (χ3n) is 3.32. The number of nitrogens with two attached hydrogens (primary N) is 1. The molecular weight excluding hydrogens is 228 g/mol. The summed E-state index contributed by atoms with van der Waals surface area (Å²) in [5.41, 5.74) is 6.21. The molecule has 1 aliphatic heterocycles. The molecule has 18 heavy (non-hydrogen) atoms. The first kappa shape index (κ1) is 12.8. The van der Waals surface area contributed by atoms with Crippen LogP contribution in [0.3, 0.4) is 0 Å². The molecule has 1 aliphatic rings. The highest BCUT2D eigenvalue weighted by molar-refractivity contribution is 5.95. The molecule has 1 aromatic rings. The van der Waals surface area contributed by atoms with Gasteiger partial charge in [-0.1, -0.05) is 0 Å². The van der Waals surface area contributed by atoms with Crippen LogP contribution >= 0.6 is 0 Å². The fourth-order valence-electron chi connectivity index (χ4n) is 2.20. The zero-order valence-electron chi connectivity index (χ0n) is 10.7. The van der Waals surface area contributed by atoms with Crippen LogP contribution in [0.25, 0.3) is 0 Å². The molecule has 0 spiro atoms. The summed E-state index contributed by atoms with van der Waals surface area (Å²) in [4.78, 5) is 6.46. The number of nitrogens with zero attached hydrogens (tertiary/aromatic N) is 2. The standard InChI is InChI=1S/C13H20N4O/c1-17(9-10-3-6-18-7-4-10)12-8-11(13(14)15)2-5-16-12/h2,5,8,10H,3-4,6-7,9H2,1H3,(H3,14,15). The van der Waals surface area contributed by atoms with Crippen molar-refractivity contribution in [3.05, 3.63) is 23.9 Å². The van der Waals surface area contributed by atoms with Gasteiger partial charge in [-0.05, 0) is 30.9 Å². The van der Waals surface area contributed by atoms with Crippen LogP contribution in [-0.4, -0.2) is 37.6 Å². The highest BCUT2D eigenvalue weighted by Gasteiger charge is 2.16. The maximum absolute atomic E-state index is 7.44. The second kappa shape index (κ2) is 5.82. The van der Waals surface area contributed by atoms with Crippen LogP contribution in [0.1, 0.15) is 18.4 Å². The molecule has 1 saturated heterocycles. The molecule has 2 heterocycles. The Labute approximate surface area is 107 Å². The van der Waals surface area contributed by atoms with E-state index in [0.29, 0.717) is 5.92 Å². The average molecular weight is 248 g/mol. The Hall–Kier alpha value is -1.62. The van der Waals surface area contributed by atoms with Crippen molar-refractivity contribution in [1.82, 2.24) is 4.98 Å². The molecule has 5 nitrogen and oxygen atoms in total. The van der Waals surface area contributed by atoms with Crippen molar-refractivity contribution in [2.75, 3.05) is 31.7 Å². The number of pyridine rings is 1. The lowest BCUT2D eigenvalue weighted by atomic mass is 10.00. The molecule has 98 valence electrons. The normalized spacial score (nSPS) is 16.5. The quantitative estimate of drug-likeness (QED) is 0.620. The summed E-state index contributed by atoms with van der Waals surface area (Å²) in [5.74, 6) is 1.61. The molecule has 3 N–H and O–H groups in total. The lowest BCUT2D eigenvalue weighted by Crippen LogP contribution is -2.30. The fourth-order valence-corrected chi connectivity index (χ4v) is 2.20. The monoisotopic (exact) mass is 248 g/mol. The molecule has 0 aliphatic carbocycles. The molecule has 2 rings (SSSR count). The van der Waals surface area contributed by atoms with Crippen LogP contribution in [0.5, 0.6) is 0 Å². The molecule has 1 aromatic heterocycles. The molecule has 0 unspecified atom stereocenters. The van der Waals surface area contributed by atoms with Crippen LogP contribution < -0.4 is 10.6 Å². The van der Waals surface area contributed by atoms with Gasteiger partial charge in [0.05, 0.1) is 0 Å². The minimum Gasteiger partial charge on any atom is -0.384 e. The SMILES string of the molecule is CN(CC1CCOCC1)c1cc(C(=N)N)ccn1. The van der Waals surface area contributed by atoms with Gasteiger partial charge in [-0.25, -0.2) is 4.98 Å². The van der Waals surface area contributed by atoms with Gasteiger partial charge in [-0.3, -0.25) is 5.41 Å². The molecular formula is C13H20N4O. The minimum absolute atomic E-state index is 0.0816. The Kier molecular flexibility index (Phi) is 4.15. The van der Waals surface area contributed by atoms with E-state index in [2.05, 4.69) is 9.88 Å². The lowest BCUT2D eigenvalue weighted by molar-refractivity contribution is 0.0685. The maximum Gasteiger partial charge on any atom is 0.128 e. The summed E-state index contributed by atoms with van der Waals surface area (Å²) in [6, 6.07) is 3.62. The number of nitrogen functional groups attached to an aromatic ring is 1. The minimum atomic E-state index is 0.0816. The van der Waals surface area contributed by atoms with E-state index < -0.39 is 0 Å². The summed E-state index contributed by atoms with van der Waals surface area (Å²) < 4.78 is 5.36. The van der Waals surface area contributed by atoms with Crippen molar-refractivity contribution in [3.63, 3.8) is 0 Å². The van der Waals surface area contributed by atoms with E-state index in [4.69, 9.17) is 15.9 Å². The molecule has 1 fully saturated rings. The van der Waals surface area contributed by atoms with Gasteiger partial charge in [-0.15, -0.1) is 0 Å². The summed E-state index contributed by atoms with van der Waals surface area (Å²) in [6.45, 7) is 2.69. The second-order valence-corrected chi connectivity index (χ2v) is 4.75. The molecule has 0 amide bonds. The summed E-state index contributed by atoms with van der Waals surface area (Å²) in [6.07, 6.45) is 3.92. The van der Waals surface area contributed by atoms with E-state index >= 15 is 0 Å². The van der Waals surface area contributed by atoms with Crippen LogP contribution in [0.2, 0.25) is 0 Å². The Balaban J connectivity index is 2.01.